The molecule has 68 valence electrons. The molecular weight excluding hydrogens is 166 g/mol. The summed E-state index contributed by atoms with van der Waals surface area (Å²) in [5, 5.41) is 0. The summed E-state index contributed by atoms with van der Waals surface area (Å²) in [6, 6.07) is 7.45. The Morgan fingerprint density at radius 3 is 2.46 bits per heavy atom. The van der Waals surface area contributed by atoms with E-state index < -0.39 is 0 Å². The van der Waals surface area contributed by atoms with E-state index in [4.69, 9.17) is 5.84 Å². The van der Waals surface area contributed by atoms with Crippen molar-refractivity contribution in [3.05, 3.63) is 35.9 Å². The Balaban J connectivity index is 2.69. The van der Waals surface area contributed by atoms with Crippen LogP contribution in [0.3, 0.4) is 0 Å². The molecule has 1 rings (SSSR count). The molecule has 0 saturated carbocycles. The molecule has 0 heterocycles. The fourth-order valence-corrected chi connectivity index (χ4v) is 0.911. The van der Waals surface area contributed by atoms with Gasteiger partial charge in [-0.3, -0.25) is 10.6 Å². The first kappa shape index (κ1) is 9.44. The second-order valence-electron chi connectivity index (χ2n) is 2.39. The largest absolute Gasteiger partial charge is 0.308 e. The van der Waals surface area contributed by atoms with Crippen LogP contribution < -0.4 is 16.8 Å². The van der Waals surface area contributed by atoms with Gasteiger partial charge in [0.25, 0.3) is 0 Å². The van der Waals surface area contributed by atoms with E-state index in [9.17, 15) is 4.79 Å². The number of allylic oxidation sites excluding steroid dienone is 1. The van der Waals surface area contributed by atoms with Gasteiger partial charge in [-0.15, -0.1) is 0 Å². The molecule has 1 aromatic carbocycles. The van der Waals surface area contributed by atoms with E-state index in [1.54, 1.807) is 6.08 Å². The van der Waals surface area contributed by atoms with Crippen molar-refractivity contribution in [1.29, 1.82) is 0 Å². The second-order valence-corrected chi connectivity index (χ2v) is 2.39. The zero-order chi connectivity index (χ0) is 9.52. The fourth-order valence-electron chi connectivity index (χ4n) is 0.911. The van der Waals surface area contributed by atoms with E-state index in [1.165, 1.54) is 6.08 Å². The molecule has 0 atom stereocenters. The normalized spacial score (nSPS) is 10.2. The number of nitrogens with one attached hydrogen (secondary N) is 2. The molecule has 0 aliphatic heterocycles. The van der Waals surface area contributed by atoms with Gasteiger partial charge in [-0.1, -0.05) is 18.2 Å². The molecule has 0 radical (unpaired) electrons. The van der Waals surface area contributed by atoms with Crippen molar-refractivity contribution >= 4 is 18.0 Å². The summed E-state index contributed by atoms with van der Waals surface area (Å²) in [6.45, 7) is 0. The maximum Gasteiger partial charge on any atom is 0.142 e. The minimum absolute atomic E-state index is 0.744. The molecule has 0 fully saturated rings. The molecule has 0 amide bonds. The Morgan fingerprint density at radius 2 is 1.92 bits per heavy atom. The van der Waals surface area contributed by atoms with Crippen molar-refractivity contribution in [2.24, 2.45) is 5.84 Å². The van der Waals surface area contributed by atoms with Crippen LogP contribution in [0.4, 0.5) is 5.69 Å². The Labute approximate surface area is 76.4 Å². The molecule has 0 unspecified atom stereocenters. The highest BCUT2D eigenvalue weighted by Gasteiger charge is 1.88. The van der Waals surface area contributed by atoms with Gasteiger partial charge in [0.2, 0.25) is 0 Å². The van der Waals surface area contributed by atoms with Gasteiger partial charge in [-0.2, -0.15) is 5.53 Å². The first-order valence-corrected chi connectivity index (χ1v) is 3.80. The SMILES string of the molecule is NNNc1ccc(/C=C/C=O)cc1. The number of anilines is 1. The van der Waals surface area contributed by atoms with Gasteiger partial charge in [-0.25, -0.2) is 0 Å². The number of hydrogen-bond donors (Lipinski definition) is 3. The molecule has 0 aliphatic rings. The smallest absolute Gasteiger partial charge is 0.142 e. The number of rotatable bonds is 4. The summed E-state index contributed by atoms with van der Waals surface area (Å²) >= 11 is 0. The van der Waals surface area contributed by atoms with E-state index in [0.29, 0.717) is 0 Å². The third kappa shape index (κ3) is 3.06. The van der Waals surface area contributed by atoms with Crippen molar-refractivity contribution in [2.45, 2.75) is 0 Å². The molecule has 0 aromatic heterocycles. The number of carbonyl (C=O) groups is 1. The van der Waals surface area contributed by atoms with Gasteiger partial charge in [0.15, 0.2) is 0 Å². The van der Waals surface area contributed by atoms with Crippen LogP contribution >= 0.6 is 0 Å². The second kappa shape index (κ2) is 5.08. The van der Waals surface area contributed by atoms with E-state index in [2.05, 4.69) is 11.0 Å². The highest BCUT2D eigenvalue weighted by Crippen LogP contribution is 2.08. The quantitative estimate of drug-likeness (QED) is 0.274. The van der Waals surface area contributed by atoms with Crippen LogP contribution in [0.25, 0.3) is 6.08 Å². The molecular formula is C9H11N3O. The first-order chi connectivity index (χ1) is 6.36. The average Bonchev–Trinajstić information content (AvgIpc) is 2.17. The molecule has 4 nitrogen and oxygen atoms in total. The Morgan fingerprint density at radius 1 is 1.23 bits per heavy atom. The summed E-state index contributed by atoms with van der Waals surface area (Å²) < 4.78 is 0. The van der Waals surface area contributed by atoms with Crippen molar-refractivity contribution in [3.8, 4) is 0 Å². The van der Waals surface area contributed by atoms with Crippen LogP contribution in [-0.4, -0.2) is 6.29 Å². The highest BCUT2D eigenvalue weighted by molar-refractivity contribution is 5.74. The van der Waals surface area contributed by atoms with Gasteiger partial charge < -0.3 is 5.43 Å². The zero-order valence-corrected chi connectivity index (χ0v) is 7.03. The number of hydrogen-bond acceptors (Lipinski definition) is 4. The number of carbonyl (C=O) groups excluding carboxylic acids is 1. The number of hydrazine groups is 2. The van der Waals surface area contributed by atoms with E-state index in [1.807, 2.05) is 24.3 Å². The molecule has 0 aliphatic carbocycles. The zero-order valence-electron chi connectivity index (χ0n) is 7.03. The highest BCUT2D eigenvalue weighted by atomic mass is 16.1. The van der Waals surface area contributed by atoms with Crippen LogP contribution in [0.1, 0.15) is 5.56 Å². The number of benzene rings is 1. The lowest BCUT2D eigenvalue weighted by molar-refractivity contribution is -0.104. The first-order valence-electron chi connectivity index (χ1n) is 3.80. The minimum atomic E-state index is 0.744. The van der Waals surface area contributed by atoms with E-state index >= 15 is 0 Å². The van der Waals surface area contributed by atoms with Crippen molar-refractivity contribution in [3.63, 3.8) is 0 Å². The molecule has 13 heavy (non-hydrogen) atoms. The summed E-state index contributed by atoms with van der Waals surface area (Å²) in [7, 11) is 0. The summed E-state index contributed by atoms with van der Waals surface area (Å²) in [6.07, 6.45) is 3.92. The third-order valence-corrected chi connectivity index (χ3v) is 1.49. The molecule has 0 saturated heterocycles. The van der Waals surface area contributed by atoms with Crippen LogP contribution in [0.5, 0.6) is 0 Å². The minimum Gasteiger partial charge on any atom is -0.308 e. The van der Waals surface area contributed by atoms with Gasteiger partial charge in [0, 0.05) is 0 Å². The van der Waals surface area contributed by atoms with Gasteiger partial charge >= 0.3 is 0 Å². The number of aldehydes is 1. The maximum absolute atomic E-state index is 10.0. The lowest BCUT2D eigenvalue weighted by atomic mass is 10.2. The summed E-state index contributed by atoms with van der Waals surface area (Å²) in [5.41, 5.74) is 6.88. The Hall–Kier alpha value is -1.65. The van der Waals surface area contributed by atoms with Crippen molar-refractivity contribution in [2.75, 3.05) is 5.43 Å². The van der Waals surface area contributed by atoms with Gasteiger partial charge in [0.05, 0.1) is 5.69 Å². The fraction of sp³-hybridized carbons (Fsp3) is 0. The monoisotopic (exact) mass is 177 g/mol. The lowest BCUT2D eigenvalue weighted by Crippen LogP contribution is -2.28. The molecule has 0 bridgehead atoms. The van der Waals surface area contributed by atoms with Crippen molar-refractivity contribution in [1.82, 2.24) is 5.53 Å². The van der Waals surface area contributed by atoms with Crippen LogP contribution in [0.2, 0.25) is 0 Å². The molecule has 4 heteroatoms. The van der Waals surface area contributed by atoms with Gasteiger partial charge in [0.1, 0.15) is 6.29 Å². The summed E-state index contributed by atoms with van der Waals surface area (Å²) in [4.78, 5) is 10.0. The Kier molecular flexibility index (Phi) is 3.69. The average molecular weight is 177 g/mol. The van der Waals surface area contributed by atoms with E-state index in [0.717, 1.165) is 17.5 Å². The Bertz CT molecular complexity index is 292. The standard InChI is InChI=1S/C9H11N3O/c10-12-11-9-5-3-8(4-6-9)2-1-7-13/h1-7,11-12H,10H2/b2-1+. The summed E-state index contributed by atoms with van der Waals surface area (Å²) in [5.74, 6) is 5.06. The van der Waals surface area contributed by atoms with Crippen LogP contribution in [-0.2, 0) is 4.79 Å². The van der Waals surface area contributed by atoms with E-state index in [-0.39, 0.29) is 0 Å². The van der Waals surface area contributed by atoms with Gasteiger partial charge in [-0.05, 0) is 23.8 Å². The molecule has 0 spiro atoms. The molecule has 4 N–H and O–H groups in total. The molecule has 1 aromatic rings. The third-order valence-electron chi connectivity index (χ3n) is 1.49. The predicted octanol–water partition coefficient (Wildman–Crippen LogP) is 0.689. The maximum atomic E-state index is 10.0. The topological polar surface area (TPSA) is 67.2 Å². The van der Waals surface area contributed by atoms with Crippen LogP contribution in [0, 0.1) is 0 Å². The number of nitrogens with two attached hydrogens (primary N) is 1. The lowest BCUT2D eigenvalue weighted by Gasteiger charge is -2.02. The predicted molar refractivity (Wildman–Crippen MR) is 52.5 cm³/mol. The van der Waals surface area contributed by atoms with Crippen molar-refractivity contribution < 1.29 is 4.79 Å². The van der Waals surface area contributed by atoms with Crippen LogP contribution in [0.15, 0.2) is 30.3 Å².